The molecule has 0 radical (unpaired) electrons. The van der Waals surface area contributed by atoms with Crippen LogP contribution in [0.1, 0.15) is 24.1 Å². The quantitative estimate of drug-likeness (QED) is 0.570. The van der Waals surface area contributed by atoms with Crippen LogP contribution >= 0.6 is 0 Å². The van der Waals surface area contributed by atoms with Crippen molar-refractivity contribution in [1.29, 1.82) is 0 Å². The Kier molecular flexibility index (Phi) is 6.56. The average molecular weight is 411 g/mol. The monoisotopic (exact) mass is 410 g/mol. The van der Waals surface area contributed by atoms with E-state index in [2.05, 4.69) is 29.1 Å². The maximum absolute atomic E-state index is 11.8. The number of hydrogen-bond acceptors (Lipinski definition) is 4. The van der Waals surface area contributed by atoms with Crippen LogP contribution in [0.2, 0.25) is 0 Å². The Hall–Kier alpha value is -2.83. The first kappa shape index (κ1) is 20.9. The molecule has 3 rings (SSSR count). The summed E-state index contributed by atoms with van der Waals surface area (Å²) in [5, 5.41) is 3.52. The Morgan fingerprint density at radius 3 is 2.28 bits per heavy atom. The van der Waals surface area contributed by atoms with Gasteiger partial charge in [0.05, 0.1) is 19.1 Å². The summed E-state index contributed by atoms with van der Waals surface area (Å²) < 4.78 is 31.4. The summed E-state index contributed by atoms with van der Waals surface area (Å²) in [7, 11) is -1.77. The number of rotatable bonds is 8. The summed E-state index contributed by atoms with van der Waals surface area (Å²) in [5.74, 6) is 0.751. The van der Waals surface area contributed by atoms with E-state index in [9.17, 15) is 8.42 Å². The molecular formula is C23H26N2O3S. The first-order chi connectivity index (χ1) is 13.9. The molecule has 0 heterocycles. The number of anilines is 1. The number of sulfonamides is 1. The Labute approximate surface area is 172 Å². The highest BCUT2D eigenvalue weighted by Crippen LogP contribution is 2.31. The van der Waals surface area contributed by atoms with E-state index in [1.165, 1.54) is 5.56 Å². The third kappa shape index (κ3) is 5.82. The van der Waals surface area contributed by atoms with Crippen LogP contribution in [0.3, 0.4) is 0 Å². The van der Waals surface area contributed by atoms with Crippen LogP contribution in [0.5, 0.6) is 5.75 Å². The summed E-state index contributed by atoms with van der Waals surface area (Å²) >= 11 is 0. The molecule has 0 saturated carbocycles. The van der Waals surface area contributed by atoms with Gasteiger partial charge in [0.2, 0.25) is 10.0 Å². The van der Waals surface area contributed by atoms with Gasteiger partial charge in [-0.25, -0.2) is 8.42 Å². The minimum Gasteiger partial charge on any atom is -0.497 e. The maximum atomic E-state index is 11.8. The van der Waals surface area contributed by atoms with Gasteiger partial charge in [-0.3, -0.25) is 4.72 Å². The molecular weight excluding hydrogens is 384 g/mol. The molecule has 6 heteroatoms. The lowest BCUT2D eigenvalue weighted by molar-refractivity contribution is 0.415. The molecule has 0 saturated heterocycles. The first-order valence-electron chi connectivity index (χ1n) is 9.39. The zero-order chi connectivity index (χ0) is 20.9. The van der Waals surface area contributed by atoms with Gasteiger partial charge in [0.15, 0.2) is 0 Å². The van der Waals surface area contributed by atoms with E-state index in [4.69, 9.17) is 4.74 Å². The molecule has 0 bridgehead atoms. The molecule has 0 aliphatic heterocycles. The fourth-order valence-corrected chi connectivity index (χ4v) is 3.71. The Balaban J connectivity index is 1.87. The third-order valence-corrected chi connectivity index (χ3v) is 5.28. The van der Waals surface area contributed by atoms with Crippen molar-refractivity contribution >= 4 is 15.7 Å². The van der Waals surface area contributed by atoms with E-state index in [1.54, 1.807) is 7.11 Å². The van der Waals surface area contributed by atoms with Gasteiger partial charge in [-0.1, -0.05) is 48.5 Å². The van der Waals surface area contributed by atoms with Crippen LogP contribution < -0.4 is 14.8 Å². The maximum Gasteiger partial charge on any atom is 0.229 e. The second kappa shape index (κ2) is 9.11. The molecule has 0 spiro atoms. The van der Waals surface area contributed by atoms with Crippen LogP contribution in [0.15, 0.2) is 72.8 Å². The molecule has 152 valence electrons. The van der Waals surface area contributed by atoms with Gasteiger partial charge in [0.25, 0.3) is 0 Å². The number of methoxy groups -OCH3 is 1. The van der Waals surface area contributed by atoms with E-state index < -0.39 is 10.0 Å². The van der Waals surface area contributed by atoms with Crippen molar-refractivity contribution in [3.63, 3.8) is 0 Å². The molecule has 0 unspecified atom stereocenters. The summed E-state index contributed by atoms with van der Waals surface area (Å²) in [5.41, 5.74) is 4.58. The number of benzene rings is 3. The van der Waals surface area contributed by atoms with Gasteiger partial charge in [0.1, 0.15) is 5.75 Å². The van der Waals surface area contributed by atoms with Crippen molar-refractivity contribution in [1.82, 2.24) is 5.32 Å². The largest absolute Gasteiger partial charge is 0.497 e. The van der Waals surface area contributed by atoms with Crippen LogP contribution in [0, 0.1) is 0 Å². The van der Waals surface area contributed by atoms with E-state index in [1.807, 2.05) is 60.7 Å². The number of nitrogens with one attached hydrogen (secondary N) is 2. The molecule has 1 atom stereocenters. The lowest BCUT2D eigenvalue weighted by atomic mass is 10.0. The van der Waals surface area contributed by atoms with Gasteiger partial charge >= 0.3 is 0 Å². The zero-order valence-corrected chi connectivity index (χ0v) is 17.7. The molecule has 0 amide bonds. The third-order valence-electron chi connectivity index (χ3n) is 4.69. The fraction of sp³-hybridized carbons (Fsp3) is 0.217. The van der Waals surface area contributed by atoms with E-state index >= 15 is 0 Å². The molecule has 0 aliphatic rings. The van der Waals surface area contributed by atoms with Crippen molar-refractivity contribution in [2.45, 2.75) is 19.5 Å². The fourth-order valence-electron chi connectivity index (χ4n) is 3.13. The highest BCUT2D eigenvalue weighted by molar-refractivity contribution is 7.92. The molecule has 29 heavy (non-hydrogen) atoms. The lowest BCUT2D eigenvalue weighted by Gasteiger charge is -2.17. The second-order valence-electron chi connectivity index (χ2n) is 7.00. The second-order valence-corrected chi connectivity index (χ2v) is 8.74. The highest BCUT2D eigenvalue weighted by Gasteiger charge is 2.12. The average Bonchev–Trinajstić information content (AvgIpc) is 2.72. The summed E-state index contributed by atoms with van der Waals surface area (Å²) in [6.07, 6.45) is 1.15. The van der Waals surface area contributed by atoms with E-state index in [0.29, 0.717) is 12.2 Å². The first-order valence-corrected chi connectivity index (χ1v) is 11.3. The highest BCUT2D eigenvalue weighted by atomic mass is 32.2. The SMILES string of the molecule is COc1ccc(-c2cc(CN[C@H](C)c3ccccc3)ccc2NS(C)(=O)=O)cc1. The van der Waals surface area contributed by atoms with Crippen molar-refractivity contribution in [2.24, 2.45) is 0 Å². The van der Waals surface area contributed by atoms with Crippen molar-refractivity contribution < 1.29 is 13.2 Å². The normalized spacial score (nSPS) is 12.4. The van der Waals surface area contributed by atoms with Crippen LogP contribution in [-0.4, -0.2) is 21.8 Å². The molecule has 5 nitrogen and oxygen atoms in total. The summed E-state index contributed by atoms with van der Waals surface area (Å²) in [6, 6.07) is 23.8. The standard InChI is InChI=1S/C23H26N2O3S/c1-17(19-7-5-4-6-8-19)24-16-18-9-14-23(25-29(3,26)27)22(15-18)20-10-12-21(28-2)13-11-20/h4-15,17,24-25H,16H2,1-3H3/t17-/m1/s1. The van der Waals surface area contributed by atoms with E-state index in [-0.39, 0.29) is 6.04 Å². The summed E-state index contributed by atoms with van der Waals surface area (Å²) in [4.78, 5) is 0. The molecule has 0 fully saturated rings. The molecule has 0 aliphatic carbocycles. The van der Waals surface area contributed by atoms with Gasteiger partial charge in [-0.2, -0.15) is 0 Å². The Morgan fingerprint density at radius 1 is 0.966 bits per heavy atom. The predicted octanol–water partition coefficient (Wildman–Crippen LogP) is 4.58. The minimum atomic E-state index is -3.39. The van der Waals surface area contributed by atoms with Gasteiger partial charge in [-0.15, -0.1) is 0 Å². The van der Waals surface area contributed by atoms with Crippen molar-refractivity contribution in [3.8, 4) is 16.9 Å². The molecule has 3 aromatic rings. The van der Waals surface area contributed by atoms with Crippen molar-refractivity contribution in [3.05, 3.63) is 83.9 Å². The molecule has 3 aromatic carbocycles. The molecule has 2 N–H and O–H groups in total. The van der Waals surface area contributed by atoms with Gasteiger partial charge < -0.3 is 10.1 Å². The summed E-state index contributed by atoms with van der Waals surface area (Å²) in [6.45, 7) is 2.79. The van der Waals surface area contributed by atoms with Crippen LogP contribution in [0.4, 0.5) is 5.69 Å². The minimum absolute atomic E-state index is 0.203. The molecule has 0 aromatic heterocycles. The topological polar surface area (TPSA) is 67.4 Å². The Morgan fingerprint density at radius 2 is 1.66 bits per heavy atom. The van der Waals surface area contributed by atoms with Crippen LogP contribution in [0.25, 0.3) is 11.1 Å². The smallest absolute Gasteiger partial charge is 0.229 e. The van der Waals surface area contributed by atoms with Crippen LogP contribution in [-0.2, 0) is 16.6 Å². The van der Waals surface area contributed by atoms with E-state index in [0.717, 1.165) is 28.7 Å². The van der Waals surface area contributed by atoms with Gasteiger partial charge in [0, 0.05) is 18.2 Å². The Bertz CT molecular complexity index is 1050. The predicted molar refractivity (Wildman–Crippen MR) is 119 cm³/mol. The lowest BCUT2D eigenvalue weighted by Crippen LogP contribution is -2.18. The van der Waals surface area contributed by atoms with Crippen molar-refractivity contribution in [2.75, 3.05) is 18.1 Å². The number of ether oxygens (including phenoxy) is 1. The van der Waals surface area contributed by atoms with Gasteiger partial charge in [-0.05, 0) is 47.9 Å². The zero-order valence-electron chi connectivity index (χ0n) is 16.8. The number of hydrogen-bond donors (Lipinski definition) is 2.